The van der Waals surface area contributed by atoms with Crippen molar-refractivity contribution in [1.82, 2.24) is 5.32 Å². The Morgan fingerprint density at radius 2 is 2.33 bits per heavy atom. The van der Waals surface area contributed by atoms with Crippen molar-refractivity contribution >= 4 is 0 Å². The van der Waals surface area contributed by atoms with Crippen molar-refractivity contribution in [3.05, 3.63) is 30.5 Å². The van der Waals surface area contributed by atoms with E-state index in [1.54, 1.807) is 0 Å². The van der Waals surface area contributed by atoms with Crippen LogP contribution < -0.4 is 5.32 Å². The number of hydrogen-bond donors (Lipinski definition) is 1. The quantitative estimate of drug-likeness (QED) is 0.637. The van der Waals surface area contributed by atoms with Crippen LogP contribution in [0.3, 0.4) is 0 Å². The van der Waals surface area contributed by atoms with Crippen LogP contribution >= 0.6 is 0 Å². The topological polar surface area (TPSA) is 21.3 Å². The molecule has 2 rings (SSSR count). The Hall–Kier alpha value is -0.760. The van der Waals surface area contributed by atoms with Crippen LogP contribution in [0.1, 0.15) is 19.3 Å². The van der Waals surface area contributed by atoms with E-state index in [-0.39, 0.29) is 0 Å². The fourth-order valence-electron chi connectivity index (χ4n) is 1.59. The first-order valence-electron chi connectivity index (χ1n) is 4.55. The fraction of sp³-hybridized carbons (Fsp3) is 0.500. The van der Waals surface area contributed by atoms with Crippen molar-refractivity contribution in [2.75, 3.05) is 6.61 Å². The van der Waals surface area contributed by atoms with E-state index in [4.69, 9.17) is 4.74 Å². The average molecular weight is 164 g/mol. The molecule has 0 saturated carbocycles. The number of hydrogen-bond acceptors (Lipinski definition) is 2. The smallest absolute Gasteiger partial charge is 0.111 e. The molecule has 0 bridgehead atoms. The minimum atomic E-state index is 0.306. The molecule has 1 saturated heterocycles. The summed E-state index contributed by atoms with van der Waals surface area (Å²) in [5.74, 6) is 0. The predicted molar refractivity (Wildman–Crippen MR) is 48.2 cm³/mol. The Morgan fingerprint density at radius 1 is 1.33 bits per heavy atom. The summed E-state index contributed by atoms with van der Waals surface area (Å²) in [6.07, 6.45) is 12.0. The van der Waals surface area contributed by atoms with Gasteiger partial charge in [-0.05, 0) is 31.5 Å². The number of dihydropyridines is 1. The molecule has 1 N–H and O–H groups in total. The molecule has 1 unspecified atom stereocenters. The monoisotopic (exact) mass is 164 g/mol. The highest BCUT2D eigenvalue weighted by molar-refractivity contribution is 5.24. The number of allylic oxidation sites excluding steroid dienone is 2. The Morgan fingerprint density at radius 3 is 3.00 bits per heavy atom. The third-order valence-corrected chi connectivity index (χ3v) is 2.26. The molecule has 0 aromatic heterocycles. The number of rotatable bonds is 1. The Labute approximate surface area is 73.3 Å². The van der Waals surface area contributed by atoms with Crippen LogP contribution in [0.5, 0.6) is 0 Å². The van der Waals surface area contributed by atoms with E-state index in [0.717, 1.165) is 13.0 Å². The zero-order chi connectivity index (χ0) is 8.23. The first kappa shape index (κ1) is 7.87. The van der Waals surface area contributed by atoms with E-state index in [1.165, 1.54) is 18.9 Å². The van der Waals surface area contributed by atoms with Crippen LogP contribution in [-0.4, -0.2) is 12.7 Å². The highest BCUT2D eigenvalue weighted by Gasteiger charge is 2.22. The summed E-state index contributed by atoms with van der Waals surface area (Å²) in [5.41, 5.74) is 0. The van der Waals surface area contributed by atoms with Gasteiger partial charge in [0.2, 0.25) is 0 Å². The molecule has 1 atom stereocenters. The summed E-state index contributed by atoms with van der Waals surface area (Å²) in [4.78, 5) is 0. The first-order valence-corrected chi connectivity index (χ1v) is 4.55. The molecule has 0 aromatic carbocycles. The van der Waals surface area contributed by atoms with Crippen molar-refractivity contribution in [2.24, 2.45) is 0 Å². The SMILES string of the molecule is C1=CN[C](C2CCCCO2)C=C1. The van der Waals surface area contributed by atoms with Gasteiger partial charge in [0.25, 0.3) is 0 Å². The van der Waals surface area contributed by atoms with Crippen LogP contribution in [0, 0.1) is 6.04 Å². The molecular weight excluding hydrogens is 150 g/mol. The fourth-order valence-corrected chi connectivity index (χ4v) is 1.59. The number of ether oxygens (including phenoxy) is 1. The van der Waals surface area contributed by atoms with Crippen LogP contribution in [-0.2, 0) is 4.74 Å². The highest BCUT2D eigenvalue weighted by atomic mass is 16.5. The van der Waals surface area contributed by atoms with E-state index in [1.807, 2.05) is 18.4 Å². The third kappa shape index (κ3) is 1.69. The second kappa shape index (κ2) is 3.76. The summed E-state index contributed by atoms with van der Waals surface area (Å²) >= 11 is 0. The van der Waals surface area contributed by atoms with E-state index in [9.17, 15) is 0 Å². The lowest BCUT2D eigenvalue weighted by Crippen LogP contribution is -2.33. The van der Waals surface area contributed by atoms with Gasteiger partial charge in [-0.2, -0.15) is 0 Å². The summed E-state index contributed by atoms with van der Waals surface area (Å²) < 4.78 is 5.63. The molecule has 1 fully saturated rings. The van der Waals surface area contributed by atoms with Crippen LogP contribution in [0.4, 0.5) is 0 Å². The van der Waals surface area contributed by atoms with Crippen molar-refractivity contribution in [3.8, 4) is 0 Å². The third-order valence-electron chi connectivity index (χ3n) is 2.26. The van der Waals surface area contributed by atoms with Crippen LogP contribution in [0.15, 0.2) is 24.4 Å². The molecule has 2 heterocycles. The van der Waals surface area contributed by atoms with Gasteiger partial charge in [0.15, 0.2) is 0 Å². The van der Waals surface area contributed by atoms with Gasteiger partial charge < -0.3 is 10.1 Å². The summed E-state index contributed by atoms with van der Waals surface area (Å²) in [6, 6.07) is 1.21. The molecule has 0 aliphatic carbocycles. The minimum Gasteiger partial charge on any atom is -0.377 e. The summed E-state index contributed by atoms with van der Waals surface area (Å²) in [7, 11) is 0. The maximum Gasteiger partial charge on any atom is 0.111 e. The molecule has 12 heavy (non-hydrogen) atoms. The Bertz CT molecular complexity index is 192. The standard InChI is InChI=1S/C10H14NO/c1-3-7-11-9(5-1)10-6-2-4-8-12-10/h1,3,5,7,10-11H,2,4,6,8H2. The molecule has 2 aliphatic rings. The predicted octanol–water partition coefficient (Wildman–Crippen LogP) is 1.76. The molecule has 2 nitrogen and oxygen atoms in total. The van der Waals surface area contributed by atoms with Crippen molar-refractivity contribution in [1.29, 1.82) is 0 Å². The second-order valence-electron chi connectivity index (χ2n) is 3.17. The van der Waals surface area contributed by atoms with Gasteiger partial charge >= 0.3 is 0 Å². The molecule has 2 aliphatic heterocycles. The lowest BCUT2D eigenvalue weighted by Gasteiger charge is -2.28. The van der Waals surface area contributed by atoms with Gasteiger partial charge in [-0.15, -0.1) is 0 Å². The molecule has 1 radical (unpaired) electrons. The van der Waals surface area contributed by atoms with Crippen molar-refractivity contribution in [3.63, 3.8) is 0 Å². The molecule has 2 heteroatoms. The van der Waals surface area contributed by atoms with Crippen molar-refractivity contribution in [2.45, 2.75) is 25.4 Å². The van der Waals surface area contributed by atoms with Gasteiger partial charge in [0.1, 0.15) is 6.04 Å². The molecule has 0 spiro atoms. The van der Waals surface area contributed by atoms with Gasteiger partial charge in [0, 0.05) is 6.61 Å². The first-order chi connectivity index (χ1) is 5.97. The zero-order valence-electron chi connectivity index (χ0n) is 7.12. The van der Waals surface area contributed by atoms with Gasteiger partial charge in [0.05, 0.1) is 6.10 Å². The minimum absolute atomic E-state index is 0.306. The van der Waals surface area contributed by atoms with Gasteiger partial charge in [-0.1, -0.05) is 12.2 Å². The molecule has 0 aromatic rings. The maximum atomic E-state index is 5.63. The lowest BCUT2D eigenvalue weighted by molar-refractivity contribution is 0.0252. The van der Waals surface area contributed by atoms with Crippen LogP contribution in [0.25, 0.3) is 0 Å². The van der Waals surface area contributed by atoms with E-state index < -0.39 is 0 Å². The maximum absolute atomic E-state index is 5.63. The van der Waals surface area contributed by atoms with E-state index >= 15 is 0 Å². The number of nitrogens with one attached hydrogen (secondary N) is 1. The van der Waals surface area contributed by atoms with E-state index in [0.29, 0.717) is 6.10 Å². The van der Waals surface area contributed by atoms with Crippen LogP contribution in [0.2, 0.25) is 0 Å². The van der Waals surface area contributed by atoms with Gasteiger partial charge in [-0.25, -0.2) is 0 Å². The Balaban J connectivity index is 1.90. The van der Waals surface area contributed by atoms with Gasteiger partial charge in [-0.3, -0.25) is 0 Å². The average Bonchev–Trinajstić information content (AvgIpc) is 2.21. The molecule has 65 valence electrons. The highest BCUT2D eigenvalue weighted by Crippen LogP contribution is 2.21. The molecule has 0 amide bonds. The van der Waals surface area contributed by atoms with E-state index in [2.05, 4.69) is 11.4 Å². The summed E-state index contributed by atoms with van der Waals surface area (Å²) in [5, 5.41) is 3.21. The Kier molecular flexibility index (Phi) is 2.47. The lowest BCUT2D eigenvalue weighted by atomic mass is 10.0. The summed E-state index contributed by atoms with van der Waals surface area (Å²) in [6.45, 7) is 0.910. The largest absolute Gasteiger partial charge is 0.377 e. The van der Waals surface area contributed by atoms with Crippen molar-refractivity contribution < 1.29 is 4.74 Å². The molecular formula is C10H14NO. The zero-order valence-corrected chi connectivity index (χ0v) is 7.12. The normalized spacial score (nSPS) is 30.2. The second-order valence-corrected chi connectivity index (χ2v) is 3.17.